The molecule has 2 aliphatic heterocycles. The van der Waals surface area contributed by atoms with Crippen LogP contribution in [-0.4, -0.2) is 34.1 Å². The summed E-state index contributed by atoms with van der Waals surface area (Å²) in [7, 11) is 0. The minimum atomic E-state index is 0.182. The summed E-state index contributed by atoms with van der Waals surface area (Å²) in [5, 5.41) is 20.1. The number of phenolic OH excluding ortho intramolecular Hbond substituents is 1. The van der Waals surface area contributed by atoms with Crippen LogP contribution in [-0.2, 0) is 6.54 Å². The van der Waals surface area contributed by atoms with Crippen LogP contribution in [0.4, 0.5) is 11.4 Å². The van der Waals surface area contributed by atoms with Crippen molar-refractivity contribution in [3.05, 3.63) is 72.1 Å². The minimum absolute atomic E-state index is 0.182. The molecular formula is C24H22N4OS. The van der Waals surface area contributed by atoms with E-state index in [-0.39, 0.29) is 5.75 Å². The lowest BCUT2D eigenvalue weighted by Crippen LogP contribution is -2.43. The fraction of sp³-hybridized carbons (Fsp3) is 0.250. The van der Waals surface area contributed by atoms with Gasteiger partial charge in [0.25, 0.3) is 0 Å². The van der Waals surface area contributed by atoms with Gasteiger partial charge in [-0.1, -0.05) is 30.0 Å². The molecule has 0 aliphatic carbocycles. The van der Waals surface area contributed by atoms with Gasteiger partial charge in [0.15, 0.2) is 0 Å². The maximum absolute atomic E-state index is 10.8. The van der Waals surface area contributed by atoms with Crippen LogP contribution in [0.1, 0.15) is 24.1 Å². The first-order chi connectivity index (χ1) is 14.7. The van der Waals surface area contributed by atoms with E-state index < -0.39 is 0 Å². The van der Waals surface area contributed by atoms with Gasteiger partial charge >= 0.3 is 0 Å². The Bertz CT molecular complexity index is 1100. The van der Waals surface area contributed by atoms with Gasteiger partial charge in [-0.15, -0.1) is 0 Å². The van der Waals surface area contributed by atoms with Crippen LogP contribution in [0.2, 0.25) is 0 Å². The van der Waals surface area contributed by atoms with E-state index in [1.165, 1.54) is 0 Å². The largest absolute Gasteiger partial charge is 0.506 e. The number of hydrogen-bond donors (Lipinski definition) is 1. The van der Waals surface area contributed by atoms with Gasteiger partial charge in [-0.2, -0.15) is 5.26 Å². The highest BCUT2D eigenvalue weighted by Gasteiger charge is 2.33. The summed E-state index contributed by atoms with van der Waals surface area (Å²) >= 11 is 1.62. The Morgan fingerprint density at radius 1 is 1.07 bits per heavy atom. The summed E-state index contributed by atoms with van der Waals surface area (Å²) in [5.41, 5.74) is 3.56. The first-order valence-electron chi connectivity index (χ1n) is 10.2. The molecule has 1 fully saturated rings. The predicted molar refractivity (Wildman–Crippen MR) is 118 cm³/mol. The first-order valence-corrected chi connectivity index (χ1v) is 11.0. The van der Waals surface area contributed by atoms with E-state index in [1.54, 1.807) is 17.8 Å². The van der Waals surface area contributed by atoms with Crippen molar-refractivity contribution < 1.29 is 5.11 Å². The summed E-state index contributed by atoms with van der Waals surface area (Å²) in [6, 6.07) is 20.3. The van der Waals surface area contributed by atoms with Gasteiger partial charge in [0.1, 0.15) is 5.75 Å². The van der Waals surface area contributed by atoms with Crippen molar-refractivity contribution in [1.29, 1.82) is 5.26 Å². The Labute approximate surface area is 180 Å². The third kappa shape index (κ3) is 3.51. The lowest BCUT2D eigenvalue weighted by molar-refractivity contribution is 0.202. The number of nitriles is 1. The molecule has 150 valence electrons. The molecule has 2 aromatic carbocycles. The second-order valence-electron chi connectivity index (χ2n) is 7.72. The molecule has 0 atom stereocenters. The minimum Gasteiger partial charge on any atom is -0.506 e. The van der Waals surface area contributed by atoms with Crippen LogP contribution in [0.5, 0.6) is 5.75 Å². The van der Waals surface area contributed by atoms with Crippen LogP contribution < -0.4 is 4.90 Å². The Morgan fingerprint density at radius 2 is 1.87 bits per heavy atom. The maximum atomic E-state index is 10.8. The van der Waals surface area contributed by atoms with Crippen LogP contribution in [0.25, 0.3) is 0 Å². The third-order valence-electron chi connectivity index (χ3n) is 5.80. The van der Waals surface area contributed by atoms with Crippen molar-refractivity contribution in [3.63, 3.8) is 0 Å². The van der Waals surface area contributed by atoms with Gasteiger partial charge in [0.05, 0.1) is 28.7 Å². The molecule has 3 heterocycles. The average Bonchev–Trinajstić information content (AvgIpc) is 2.79. The number of para-hydroxylation sites is 1. The fourth-order valence-corrected chi connectivity index (χ4v) is 5.53. The Hall–Kier alpha value is -3.01. The van der Waals surface area contributed by atoms with E-state index >= 15 is 0 Å². The number of rotatable bonds is 3. The van der Waals surface area contributed by atoms with Crippen LogP contribution in [0, 0.1) is 11.3 Å². The van der Waals surface area contributed by atoms with E-state index in [0.717, 1.165) is 59.3 Å². The van der Waals surface area contributed by atoms with Crippen LogP contribution >= 0.6 is 11.8 Å². The molecule has 0 radical (unpaired) electrons. The molecule has 5 rings (SSSR count). The summed E-state index contributed by atoms with van der Waals surface area (Å²) in [4.78, 5) is 11.3. The molecule has 1 saturated heterocycles. The van der Waals surface area contributed by atoms with Crippen LogP contribution in [0.15, 0.2) is 70.6 Å². The SMILES string of the molecule is N#Cc1cc(O)c2c(c1)Sc1ccccc1N2C1CCN(Cc2ccccn2)CC1. The summed E-state index contributed by atoms with van der Waals surface area (Å²) in [6.07, 6.45) is 3.86. The van der Waals surface area contributed by atoms with E-state index in [0.29, 0.717) is 11.6 Å². The number of anilines is 2. The molecule has 0 spiro atoms. The molecular weight excluding hydrogens is 392 g/mol. The maximum Gasteiger partial charge on any atom is 0.141 e. The standard InChI is InChI=1S/C24H22N4OS/c25-15-17-13-21(29)24-23(14-17)30-22-7-2-1-6-20(22)28(24)19-8-11-27(12-9-19)16-18-5-3-4-10-26-18/h1-7,10,13-14,19,29H,8-9,11-12,16H2. The van der Waals surface area contributed by atoms with Crippen molar-refractivity contribution in [1.82, 2.24) is 9.88 Å². The van der Waals surface area contributed by atoms with Crippen molar-refractivity contribution in [2.24, 2.45) is 0 Å². The Balaban J connectivity index is 1.43. The molecule has 1 aromatic heterocycles. The van der Waals surface area contributed by atoms with Gasteiger partial charge in [0, 0.05) is 41.7 Å². The monoisotopic (exact) mass is 414 g/mol. The number of benzene rings is 2. The first kappa shape index (κ1) is 19.0. The molecule has 5 nitrogen and oxygen atoms in total. The topological polar surface area (TPSA) is 63.4 Å². The number of hydrogen-bond acceptors (Lipinski definition) is 6. The smallest absolute Gasteiger partial charge is 0.141 e. The number of aromatic hydroxyl groups is 1. The number of aromatic nitrogens is 1. The predicted octanol–water partition coefficient (Wildman–Crippen LogP) is 4.93. The van der Waals surface area contributed by atoms with Crippen molar-refractivity contribution in [3.8, 4) is 11.8 Å². The zero-order valence-corrected chi connectivity index (χ0v) is 17.3. The number of nitrogens with zero attached hydrogens (tertiary/aromatic N) is 4. The second-order valence-corrected chi connectivity index (χ2v) is 8.81. The number of likely N-dealkylation sites (tertiary alicyclic amines) is 1. The van der Waals surface area contributed by atoms with Gasteiger partial charge in [-0.05, 0) is 49.2 Å². The number of piperidine rings is 1. The Kier molecular flexibility index (Phi) is 5.07. The molecule has 6 heteroatoms. The number of pyridine rings is 1. The molecule has 0 amide bonds. The fourth-order valence-electron chi connectivity index (χ4n) is 4.39. The normalized spacial score (nSPS) is 16.6. The third-order valence-corrected chi connectivity index (χ3v) is 6.90. The Morgan fingerprint density at radius 3 is 2.63 bits per heavy atom. The van der Waals surface area contributed by atoms with E-state index in [4.69, 9.17) is 0 Å². The molecule has 0 unspecified atom stereocenters. The average molecular weight is 415 g/mol. The zero-order valence-electron chi connectivity index (χ0n) is 16.5. The second kappa shape index (κ2) is 8.02. The zero-order chi connectivity index (χ0) is 20.5. The van der Waals surface area contributed by atoms with Crippen molar-refractivity contribution in [2.75, 3.05) is 18.0 Å². The molecule has 0 saturated carbocycles. The van der Waals surface area contributed by atoms with E-state index in [1.807, 2.05) is 36.5 Å². The molecule has 1 N–H and O–H groups in total. The van der Waals surface area contributed by atoms with Gasteiger partial charge < -0.3 is 10.0 Å². The van der Waals surface area contributed by atoms with E-state index in [2.05, 4.69) is 39.1 Å². The highest BCUT2D eigenvalue weighted by molar-refractivity contribution is 7.99. The number of phenols is 1. The summed E-state index contributed by atoms with van der Waals surface area (Å²) < 4.78 is 0. The van der Waals surface area contributed by atoms with Crippen LogP contribution in [0.3, 0.4) is 0 Å². The summed E-state index contributed by atoms with van der Waals surface area (Å²) in [5.74, 6) is 0.182. The van der Waals surface area contributed by atoms with Gasteiger partial charge in [-0.3, -0.25) is 9.88 Å². The summed E-state index contributed by atoms with van der Waals surface area (Å²) in [6.45, 7) is 2.84. The van der Waals surface area contributed by atoms with Crippen molar-refractivity contribution >= 4 is 23.1 Å². The van der Waals surface area contributed by atoms with E-state index in [9.17, 15) is 10.4 Å². The lowest BCUT2D eigenvalue weighted by atomic mass is 10.00. The molecule has 3 aromatic rings. The van der Waals surface area contributed by atoms with Crippen molar-refractivity contribution in [2.45, 2.75) is 35.2 Å². The molecule has 0 bridgehead atoms. The quantitative estimate of drug-likeness (QED) is 0.656. The number of fused-ring (bicyclic) bond motifs is 2. The highest BCUT2D eigenvalue weighted by Crippen LogP contribution is 2.53. The highest BCUT2D eigenvalue weighted by atomic mass is 32.2. The van der Waals surface area contributed by atoms with Gasteiger partial charge in [0.2, 0.25) is 0 Å². The molecule has 30 heavy (non-hydrogen) atoms. The molecule has 2 aliphatic rings. The van der Waals surface area contributed by atoms with Gasteiger partial charge in [-0.25, -0.2) is 0 Å². The lowest BCUT2D eigenvalue weighted by Gasteiger charge is -2.43.